The Labute approximate surface area is 96.9 Å². The van der Waals surface area contributed by atoms with E-state index in [2.05, 4.69) is 15.9 Å². The van der Waals surface area contributed by atoms with E-state index in [4.69, 9.17) is 11.6 Å². The summed E-state index contributed by atoms with van der Waals surface area (Å²) in [6.07, 6.45) is 2.73. The van der Waals surface area contributed by atoms with Crippen molar-refractivity contribution in [3.8, 4) is 0 Å². The molecule has 14 heavy (non-hydrogen) atoms. The standard InChI is InChI=1S/C11H11BrClF/c1-2-8(7-12)6-9-4-3-5-10(13)11(9)14/h3-6H,2,7H2,1H3/b8-6-. The zero-order valence-electron chi connectivity index (χ0n) is 7.86. The van der Waals surface area contributed by atoms with Gasteiger partial charge in [-0.25, -0.2) is 4.39 Å². The van der Waals surface area contributed by atoms with Gasteiger partial charge in [0.05, 0.1) is 5.02 Å². The Morgan fingerprint density at radius 2 is 2.29 bits per heavy atom. The summed E-state index contributed by atoms with van der Waals surface area (Å²) in [5.74, 6) is -0.346. The summed E-state index contributed by atoms with van der Waals surface area (Å²) < 4.78 is 13.4. The van der Waals surface area contributed by atoms with E-state index in [-0.39, 0.29) is 10.8 Å². The Hall–Kier alpha value is -0.340. The van der Waals surface area contributed by atoms with Crippen molar-refractivity contribution in [2.75, 3.05) is 5.33 Å². The molecule has 0 aromatic heterocycles. The third-order valence-electron chi connectivity index (χ3n) is 1.97. The second-order valence-electron chi connectivity index (χ2n) is 2.93. The van der Waals surface area contributed by atoms with Gasteiger partial charge in [0, 0.05) is 10.9 Å². The van der Waals surface area contributed by atoms with Crippen molar-refractivity contribution in [3.63, 3.8) is 0 Å². The van der Waals surface area contributed by atoms with Gasteiger partial charge in [-0.3, -0.25) is 0 Å². The lowest BCUT2D eigenvalue weighted by Gasteiger charge is -2.02. The van der Waals surface area contributed by atoms with Crippen molar-refractivity contribution in [2.24, 2.45) is 0 Å². The second kappa shape index (κ2) is 5.52. The maximum atomic E-state index is 13.4. The van der Waals surface area contributed by atoms with Gasteiger partial charge in [0.2, 0.25) is 0 Å². The van der Waals surface area contributed by atoms with Gasteiger partial charge in [0.1, 0.15) is 5.82 Å². The molecule has 0 fully saturated rings. The molecule has 1 aromatic carbocycles. The van der Waals surface area contributed by atoms with Crippen LogP contribution < -0.4 is 0 Å². The largest absolute Gasteiger partial charge is 0.205 e. The number of hydrogen-bond donors (Lipinski definition) is 0. The molecule has 0 amide bonds. The Morgan fingerprint density at radius 3 is 2.86 bits per heavy atom. The summed E-state index contributed by atoms with van der Waals surface area (Å²) in [5, 5.41) is 0.930. The summed E-state index contributed by atoms with van der Waals surface area (Å²) in [4.78, 5) is 0. The highest BCUT2D eigenvalue weighted by molar-refractivity contribution is 9.09. The van der Waals surface area contributed by atoms with E-state index >= 15 is 0 Å². The predicted octanol–water partition coefficient (Wildman–Crippen LogP) is 4.67. The van der Waals surface area contributed by atoms with E-state index in [0.717, 1.165) is 17.3 Å². The van der Waals surface area contributed by atoms with Crippen molar-refractivity contribution in [1.82, 2.24) is 0 Å². The highest BCUT2D eigenvalue weighted by Gasteiger charge is 2.04. The molecule has 0 nitrogen and oxygen atoms in total. The van der Waals surface area contributed by atoms with Crippen LogP contribution >= 0.6 is 27.5 Å². The van der Waals surface area contributed by atoms with E-state index in [1.54, 1.807) is 18.2 Å². The maximum Gasteiger partial charge on any atom is 0.148 e. The fourth-order valence-electron chi connectivity index (χ4n) is 1.09. The molecule has 0 unspecified atom stereocenters. The number of benzene rings is 1. The molecular weight excluding hydrogens is 266 g/mol. The molecule has 0 saturated carbocycles. The molecule has 0 N–H and O–H groups in total. The summed E-state index contributed by atoms with van der Waals surface area (Å²) in [6, 6.07) is 5.02. The summed E-state index contributed by atoms with van der Waals surface area (Å²) in [5.41, 5.74) is 1.69. The number of halogens is 3. The van der Waals surface area contributed by atoms with Crippen molar-refractivity contribution in [2.45, 2.75) is 13.3 Å². The third kappa shape index (κ3) is 2.82. The number of allylic oxidation sites excluding steroid dienone is 1. The molecule has 0 aliphatic carbocycles. The SMILES string of the molecule is CC/C(=C/c1cccc(Cl)c1F)CBr. The molecule has 0 atom stereocenters. The Balaban J connectivity index is 3.07. The Morgan fingerprint density at radius 1 is 1.57 bits per heavy atom. The minimum absolute atomic E-state index is 0.170. The van der Waals surface area contributed by atoms with Crippen LogP contribution in [0.5, 0.6) is 0 Å². The van der Waals surface area contributed by atoms with Crippen LogP contribution in [0.1, 0.15) is 18.9 Å². The number of rotatable bonds is 3. The van der Waals surface area contributed by atoms with Crippen molar-refractivity contribution in [1.29, 1.82) is 0 Å². The fraction of sp³-hybridized carbons (Fsp3) is 0.273. The van der Waals surface area contributed by atoms with Crippen molar-refractivity contribution >= 4 is 33.6 Å². The lowest BCUT2D eigenvalue weighted by molar-refractivity contribution is 0.625. The summed E-state index contributed by atoms with van der Waals surface area (Å²) in [6.45, 7) is 2.04. The van der Waals surface area contributed by atoms with Crippen LogP contribution in [0.3, 0.4) is 0 Å². The zero-order chi connectivity index (χ0) is 10.6. The maximum absolute atomic E-state index is 13.4. The summed E-state index contributed by atoms with van der Waals surface area (Å²) in [7, 11) is 0. The molecule has 0 radical (unpaired) electrons. The monoisotopic (exact) mass is 276 g/mol. The minimum Gasteiger partial charge on any atom is -0.205 e. The Kier molecular flexibility index (Phi) is 4.63. The topological polar surface area (TPSA) is 0 Å². The number of hydrogen-bond acceptors (Lipinski definition) is 0. The van der Waals surface area contributed by atoms with E-state index in [1.807, 2.05) is 13.0 Å². The smallest absolute Gasteiger partial charge is 0.148 e. The van der Waals surface area contributed by atoms with Gasteiger partial charge in [-0.1, -0.05) is 58.2 Å². The van der Waals surface area contributed by atoms with Gasteiger partial charge in [-0.05, 0) is 12.5 Å². The van der Waals surface area contributed by atoms with Gasteiger partial charge in [-0.2, -0.15) is 0 Å². The van der Waals surface area contributed by atoms with Crippen LogP contribution in [-0.4, -0.2) is 5.33 Å². The molecule has 1 rings (SSSR count). The predicted molar refractivity (Wildman–Crippen MR) is 63.5 cm³/mol. The third-order valence-corrected chi connectivity index (χ3v) is 2.98. The average Bonchev–Trinajstić information content (AvgIpc) is 2.20. The van der Waals surface area contributed by atoms with Crippen molar-refractivity contribution in [3.05, 3.63) is 40.2 Å². The number of alkyl halides is 1. The average molecular weight is 278 g/mol. The first-order valence-electron chi connectivity index (χ1n) is 4.38. The minimum atomic E-state index is -0.346. The van der Waals surface area contributed by atoms with Crippen LogP contribution in [0.2, 0.25) is 5.02 Å². The van der Waals surface area contributed by atoms with Gasteiger partial charge < -0.3 is 0 Å². The highest BCUT2D eigenvalue weighted by Crippen LogP contribution is 2.21. The fourth-order valence-corrected chi connectivity index (χ4v) is 1.83. The van der Waals surface area contributed by atoms with E-state index in [1.165, 1.54) is 0 Å². The quantitative estimate of drug-likeness (QED) is 0.705. The van der Waals surface area contributed by atoms with Gasteiger partial charge in [-0.15, -0.1) is 0 Å². The summed E-state index contributed by atoms with van der Waals surface area (Å²) >= 11 is 9.02. The molecule has 3 heteroatoms. The molecule has 0 bridgehead atoms. The van der Waals surface area contributed by atoms with E-state index < -0.39 is 0 Å². The van der Waals surface area contributed by atoms with E-state index in [0.29, 0.717) is 5.56 Å². The molecule has 1 aromatic rings. The second-order valence-corrected chi connectivity index (χ2v) is 3.90. The van der Waals surface area contributed by atoms with Gasteiger partial charge >= 0.3 is 0 Å². The van der Waals surface area contributed by atoms with Crippen LogP contribution in [0.15, 0.2) is 23.8 Å². The molecule has 76 valence electrons. The molecule has 0 spiro atoms. The Bertz CT molecular complexity index is 341. The lowest BCUT2D eigenvalue weighted by atomic mass is 10.1. The first-order valence-corrected chi connectivity index (χ1v) is 5.88. The first-order chi connectivity index (χ1) is 6.69. The molecular formula is C11H11BrClF. The highest BCUT2D eigenvalue weighted by atomic mass is 79.9. The first kappa shape index (κ1) is 11.7. The molecule has 0 saturated heterocycles. The van der Waals surface area contributed by atoms with Crippen LogP contribution in [0, 0.1) is 5.82 Å². The molecule has 0 aliphatic rings. The normalized spacial score (nSPS) is 11.9. The van der Waals surface area contributed by atoms with Gasteiger partial charge in [0.15, 0.2) is 0 Å². The van der Waals surface area contributed by atoms with Crippen LogP contribution in [-0.2, 0) is 0 Å². The molecule has 0 aliphatic heterocycles. The zero-order valence-corrected chi connectivity index (χ0v) is 10.2. The van der Waals surface area contributed by atoms with Gasteiger partial charge in [0.25, 0.3) is 0 Å². The van der Waals surface area contributed by atoms with Crippen LogP contribution in [0.25, 0.3) is 6.08 Å². The van der Waals surface area contributed by atoms with Crippen molar-refractivity contribution < 1.29 is 4.39 Å². The molecule has 0 heterocycles. The van der Waals surface area contributed by atoms with E-state index in [9.17, 15) is 4.39 Å². The lowest BCUT2D eigenvalue weighted by Crippen LogP contribution is -1.87. The van der Waals surface area contributed by atoms with Crippen LogP contribution in [0.4, 0.5) is 4.39 Å².